The summed E-state index contributed by atoms with van der Waals surface area (Å²) < 4.78 is 0. The summed E-state index contributed by atoms with van der Waals surface area (Å²) in [6, 6.07) is 10.5. The molecule has 10 heteroatoms. The number of aliphatic carboxylic acids is 1. The molecule has 0 radical (unpaired) electrons. The molecule has 1 fully saturated rings. The second kappa shape index (κ2) is 11.4. The highest BCUT2D eigenvalue weighted by atomic mass is 35.5. The number of Topliss-reactive ketones (excluding diaryl/α,β-unsaturated/α-hetero) is 1. The summed E-state index contributed by atoms with van der Waals surface area (Å²) in [5, 5.41) is 12.3. The molecule has 0 saturated heterocycles. The van der Waals surface area contributed by atoms with E-state index in [9.17, 15) is 19.5 Å². The molecule has 0 aromatic heterocycles. The van der Waals surface area contributed by atoms with Crippen molar-refractivity contribution < 1.29 is 19.5 Å². The molecule has 3 rings (SSSR count). The van der Waals surface area contributed by atoms with Crippen LogP contribution in [0.2, 0.25) is 10.0 Å². The Morgan fingerprint density at radius 1 is 1.03 bits per heavy atom. The van der Waals surface area contributed by atoms with Crippen molar-refractivity contribution >= 4 is 46.8 Å². The lowest BCUT2D eigenvalue weighted by atomic mass is 9.95. The van der Waals surface area contributed by atoms with E-state index in [4.69, 9.17) is 34.7 Å². The Morgan fingerprint density at radius 3 is 2.24 bits per heavy atom. The molecule has 34 heavy (non-hydrogen) atoms. The van der Waals surface area contributed by atoms with Crippen LogP contribution in [0.15, 0.2) is 47.5 Å². The number of benzene rings is 2. The summed E-state index contributed by atoms with van der Waals surface area (Å²) in [5.41, 5.74) is 12.4. The zero-order valence-corrected chi connectivity index (χ0v) is 19.9. The Morgan fingerprint density at radius 2 is 1.65 bits per heavy atom. The summed E-state index contributed by atoms with van der Waals surface area (Å²) in [6.07, 6.45) is 2.52. The van der Waals surface area contributed by atoms with Crippen molar-refractivity contribution in [3.8, 4) is 0 Å². The SMILES string of the molecule is NC(N)=N[C@H]1CC[C@H](C(=O)Cc2ccc(C[C@H](NC(=O)c3c(Cl)cccc3Cl)C(=O)O)cc2)C1. The monoisotopic (exact) mass is 504 g/mol. The van der Waals surface area contributed by atoms with Crippen LogP contribution in [-0.2, 0) is 22.4 Å². The van der Waals surface area contributed by atoms with Crippen LogP contribution >= 0.6 is 23.2 Å². The van der Waals surface area contributed by atoms with Gasteiger partial charge in [-0.15, -0.1) is 0 Å². The molecule has 1 aliphatic rings. The second-order valence-corrected chi connectivity index (χ2v) is 9.16. The molecule has 3 atom stereocenters. The number of carbonyl (C=O) groups is 3. The van der Waals surface area contributed by atoms with E-state index in [0.29, 0.717) is 12.0 Å². The standard InChI is InChI=1S/C24H26Cl2N4O4/c25-17-2-1-3-18(26)21(17)22(32)30-19(23(33)34)10-13-4-6-14(7-5-13)11-20(31)15-8-9-16(12-15)29-24(27)28/h1-7,15-16,19H,8-12H2,(H,30,32)(H,33,34)(H4,27,28,29)/t15-,16-,19-/m0/s1. The van der Waals surface area contributed by atoms with E-state index in [2.05, 4.69) is 10.3 Å². The number of carboxylic acid groups (broad SMARTS) is 1. The third kappa shape index (κ3) is 6.71. The quantitative estimate of drug-likeness (QED) is 0.304. The van der Waals surface area contributed by atoms with E-state index in [0.717, 1.165) is 18.4 Å². The molecule has 8 nitrogen and oxygen atoms in total. The van der Waals surface area contributed by atoms with Gasteiger partial charge in [-0.05, 0) is 42.5 Å². The maximum absolute atomic E-state index is 12.7. The van der Waals surface area contributed by atoms with E-state index in [1.807, 2.05) is 0 Å². The predicted octanol–water partition coefficient (Wildman–Crippen LogP) is 2.97. The van der Waals surface area contributed by atoms with Crippen molar-refractivity contribution in [3.05, 3.63) is 69.2 Å². The molecule has 0 spiro atoms. The second-order valence-electron chi connectivity index (χ2n) is 8.34. The molecule has 0 bridgehead atoms. The van der Waals surface area contributed by atoms with Crippen molar-refractivity contribution in [2.45, 2.75) is 44.2 Å². The van der Waals surface area contributed by atoms with Gasteiger partial charge in [-0.1, -0.05) is 53.5 Å². The highest BCUT2D eigenvalue weighted by molar-refractivity contribution is 6.39. The fourth-order valence-electron chi connectivity index (χ4n) is 4.10. The van der Waals surface area contributed by atoms with Gasteiger partial charge in [0.05, 0.1) is 21.7 Å². The minimum absolute atomic E-state index is 0.00913. The topological polar surface area (TPSA) is 148 Å². The number of hydrogen-bond donors (Lipinski definition) is 4. The summed E-state index contributed by atoms with van der Waals surface area (Å²) in [7, 11) is 0. The maximum Gasteiger partial charge on any atom is 0.326 e. The van der Waals surface area contributed by atoms with Crippen molar-refractivity contribution in [3.63, 3.8) is 0 Å². The number of nitrogens with one attached hydrogen (secondary N) is 1. The first-order valence-corrected chi connectivity index (χ1v) is 11.6. The summed E-state index contributed by atoms with van der Waals surface area (Å²) in [5.74, 6) is -1.75. The molecule has 0 aliphatic heterocycles. The van der Waals surface area contributed by atoms with Crippen molar-refractivity contribution in [1.82, 2.24) is 5.32 Å². The third-order valence-electron chi connectivity index (χ3n) is 5.83. The van der Waals surface area contributed by atoms with E-state index in [1.54, 1.807) is 30.3 Å². The van der Waals surface area contributed by atoms with Gasteiger partial charge in [0, 0.05) is 18.8 Å². The zero-order chi connectivity index (χ0) is 24.8. The molecular formula is C24H26Cl2N4O4. The highest BCUT2D eigenvalue weighted by Gasteiger charge is 2.29. The van der Waals surface area contributed by atoms with Crippen molar-refractivity contribution in [1.29, 1.82) is 0 Å². The van der Waals surface area contributed by atoms with Crippen LogP contribution in [0, 0.1) is 5.92 Å². The van der Waals surface area contributed by atoms with Gasteiger partial charge >= 0.3 is 5.97 Å². The average molecular weight is 505 g/mol. The number of carbonyl (C=O) groups excluding carboxylic acids is 2. The number of guanidine groups is 1. The Kier molecular flexibility index (Phi) is 8.52. The Balaban J connectivity index is 1.60. The van der Waals surface area contributed by atoms with Crippen LogP contribution in [0.25, 0.3) is 0 Å². The number of hydrogen-bond acceptors (Lipinski definition) is 4. The van der Waals surface area contributed by atoms with Crippen LogP contribution in [0.4, 0.5) is 0 Å². The van der Waals surface area contributed by atoms with Crippen LogP contribution < -0.4 is 16.8 Å². The molecule has 1 aliphatic carbocycles. The van der Waals surface area contributed by atoms with Crippen LogP contribution in [0.1, 0.15) is 40.7 Å². The van der Waals surface area contributed by atoms with Crippen molar-refractivity contribution in [2.75, 3.05) is 0 Å². The number of carboxylic acids is 1. The van der Waals surface area contributed by atoms with Gasteiger partial charge in [0.1, 0.15) is 11.8 Å². The largest absolute Gasteiger partial charge is 0.480 e. The van der Waals surface area contributed by atoms with Gasteiger partial charge < -0.3 is 21.9 Å². The van der Waals surface area contributed by atoms with Crippen LogP contribution in [0.3, 0.4) is 0 Å². The Hall–Kier alpha value is -3.10. The lowest BCUT2D eigenvalue weighted by Gasteiger charge is -2.16. The third-order valence-corrected chi connectivity index (χ3v) is 6.46. The Labute approximate surface area is 207 Å². The molecule has 6 N–H and O–H groups in total. The molecule has 1 amide bonds. The summed E-state index contributed by atoms with van der Waals surface area (Å²) in [6.45, 7) is 0. The minimum Gasteiger partial charge on any atom is -0.480 e. The van der Waals surface area contributed by atoms with Gasteiger partial charge in [-0.2, -0.15) is 0 Å². The predicted molar refractivity (Wildman–Crippen MR) is 131 cm³/mol. The van der Waals surface area contributed by atoms with E-state index in [-0.39, 0.29) is 52.2 Å². The van der Waals surface area contributed by atoms with Gasteiger partial charge in [0.25, 0.3) is 5.91 Å². The molecule has 2 aromatic rings. The number of nitrogens with two attached hydrogens (primary N) is 2. The number of aliphatic imine (C=N–C) groups is 1. The molecule has 0 unspecified atom stereocenters. The average Bonchev–Trinajstić information content (AvgIpc) is 3.22. The van der Waals surface area contributed by atoms with Gasteiger partial charge in [0.15, 0.2) is 5.96 Å². The van der Waals surface area contributed by atoms with Crippen molar-refractivity contribution in [2.24, 2.45) is 22.4 Å². The molecule has 2 aromatic carbocycles. The molecular weight excluding hydrogens is 479 g/mol. The highest BCUT2D eigenvalue weighted by Crippen LogP contribution is 2.29. The molecule has 0 heterocycles. The summed E-state index contributed by atoms with van der Waals surface area (Å²) >= 11 is 12.1. The Bertz CT molecular complexity index is 1080. The smallest absolute Gasteiger partial charge is 0.326 e. The first kappa shape index (κ1) is 25.5. The van der Waals surface area contributed by atoms with E-state index in [1.165, 1.54) is 12.1 Å². The number of halogens is 2. The molecule has 1 saturated carbocycles. The fraction of sp³-hybridized carbons (Fsp3) is 0.333. The first-order valence-electron chi connectivity index (χ1n) is 10.8. The normalized spacial score (nSPS) is 18.2. The van der Waals surface area contributed by atoms with Gasteiger partial charge in [0.2, 0.25) is 0 Å². The lowest BCUT2D eigenvalue weighted by molar-refractivity contribution is -0.139. The number of amides is 1. The number of ketones is 1. The molecule has 180 valence electrons. The summed E-state index contributed by atoms with van der Waals surface area (Å²) in [4.78, 5) is 41.1. The maximum atomic E-state index is 12.7. The van der Waals surface area contributed by atoms with E-state index < -0.39 is 17.9 Å². The fourth-order valence-corrected chi connectivity index (χ4v) is 4.67. The lowest BCUT2D eigenvalue weighted by Crippen LogP contribution is -2.42. The first-order chi connectivity index (χ1) is 16.1. The zero-order valence-electron chi connectivity index (χ0n) is 18.3. The number of rotatable bonds is 9. The number of nitrogens with zero attached hydrogens (tertiary/aromatic N) is 1. The minimum atomic E-state index is -1.19. The van der Waals surface area contributed by atoms with Gasteiger partial charge in [-0.25, -0.2) is 4.79 Å². The van der Waals surface area contributed by atoms with Crippen LogP contribution in [0.5, 0.6) is 0 Å². The van der Waals surface area contributed by atoms with E-state index >= 15 is 0 Å². The van der Waals surface area contributed by atoms with Crippen LogP contribution in [-0.4, -0.2) is 40.8 Å². The van der Waals surface area contributed by atoms with Gasteiger partial charge in [-0.3, -0.25) is 14.6 Å².